The molecule has 3 heteroatoms. The van der Waals surface area contributed by atoms with E-state index in [1.165, 1.54) is 6.33 Å². The van der Waals surface area contributed by atoms with E-state index in [-0.39, 0.29) is 5.41 Å². The molecule has 17 heavy (non-hydrogen) atoms. The van der Waals surface area contributed by atoms with Crippen molar-refractivity contribution >= 4 is 5.69 Å². The van der Waals surface area contributed by atoms with Crippen LogP contribution in [0.25, 0.3) is 11.1 Å². The second-order valence-corrected chi connectivity index (χ2v) is 5.18. The van der Waals surface area contributed by atoms with Crippen LogP contribution in [0.4, 0.5) is 5.69 Å². The molecule has 0 aliphatic carbocycles. The predicted molar refractivity (Wildman–Crippen MR) is 70.6 cm³/mol. The molecule has 0 unspecified atom stereocenters. The monoisotopic (exact) mass is 227 g/mol. The van der Waals surface area contributed by atoms with Crippen molar-refractivity contribution < 1.29 is 0 Å². The Morgan fingerprint density at radius 3 is 2.18 bits per heavy atom. The molecule has 0 bridgehead atoms. The minimum atomic E-state index is 0.0653. The number of aromatic nitrogens is 2. The molecular weight excluding hydrogens is 210 g/mol. The zero-order valence-electron chi connectivity index (χ0n) is 10.4. The largest absolute Gasteiger partial charge is 0.398 e. The maximum Gasteiger partial charge on any atom is 0.115 e. The second kappa shape index (κ2) is 4.17. The van der Waals surface area contributed by atoms with Gasteiger partial charge in [-0.15, -0.1) is 0 Å². The number of anilines is 1. The second-order valence-electron chi connectivity index (χ2n) is 5.18. The van der Waals surface area contributed by atoms with Gasteiger partial charge in [0.25, 0.3) is 0 Å². The third-order valence-corrected chi connectivity index (χ3v) is 2.75. The van der Waals surface area contributed by atoms with Crippen molar-refractivity contribution in [2.75, 3.05) is 5.73 Å². The Bertz CT molecular complexity index is 513. The van der Waals surface area contributed by atoms with Crippen molar-refractivity contribution in [2.24, 2.45) is 0 Å². The standard InChI is InChI=1S/C14H17N3/c1-14(2,3)12-5-4-10(6-13(12)15)11-7-16-9-17-8-11/h4-9H,15H2,1-3H3. The summed E-state index contributed by atoms with van der Waals surface area (Å²) in [5.74, 6) is 0. The Balaban J connectivity index is 2.45. The zero-order chi connectivity index (χ0) is 12.5. The van der Waals surface area contributed by atoms with E-state index < -0.39 is 0 Å². The van der Waals surface area contributed by atoms with Crippen molar-refractivity contribution in [1.29, 1.82) is 0 Å². The van der Waals surface area contributed by atoms with Gasteiger partial charge >= 0.3 is 0 Å². The first-order valence-electron chi connectivity index (χ1n) is 5.64. The lowest BCUT2D eigenvalue weighted by molar-refractivity contribution is 0.592. The Morgan fingerprint density at radius 2 is 1.65 bits per heavy atom. The first kappa shape index (κ1) is 11.6. The third kappa shape index (κ3) is 2.44. The lowest BCUT2D eigenvalue weighted by Crippen LogP contribution is -2.13. The minimum absolute atomic E-state index is 0.0653. The van der Waals surface area contributed by atoms with E-state index >= 15 is 0 Å². The molecule has 0 saturated heterocycles. The number of nitrogens with zero attached hydrogens (tertiary/aromatic N) is 2. The summed E-state index contributed by atoms with van der Waals surface area (Å²) in [6, 6.07) is 6.13. The van der Waals surface area contributed by atoms with Crippen molar-refractivity contribution in [3.63, 3.8) is 0 Å². The van der Waals surface area contributed by atoms with Crippen molar-refractivity contribution in [3.8, 4) is 11.1 Å². The SMILES string of the molecule is CC(C)(C)c1ccc(-c2cncnc2)cc1N. The molecular formula is C14H17N3. The van der Waals surface area contributed by atoms with Gasteiger partial charge in [-0.2, -0.15) is 0 Å². The number of nitrogens with two attached hydrogens (primary N) is 1. The van der Waals surface area contributed by atoms with E-state index in [9.17, 15) is 0 Å². The van der Waals surface area contributed by atoms with Crippen LogP contribution < -0.4 is 5.73 Å². The number of benzene rings is 1. The Labute approximate surface area is 102 Å². The molecule has 0 atom stereocenters. The Kier molecular flexibility index (Phi) is 2.84. The summed E-state index contributed by atoms with van der Waals surface area (Å²) in [6.07, 6.45) is 5.10. The summed E-state index contributed by atoms with van der Waals surface area (Å²) in [7, 11) is 0. The molecule has 2 N–H and O–H groups in total. The van der Waals surface area contributed by atoms with Crippen LogP contribution in [0, 0.1) is 0 Å². The van der Waals surface area contributed by atoms with Gasteiger partial charge in [0.1, 0.15) is 6.33 Å². The molecule has 0 aliphatic rings. The average molecular weight is 227 g/mol. The topological polar surface area (TPSA) is 51.8 Å². The molecule has 0 fully saturated rings. The van der Waals surface area contributed by atoms with Crippen molar-refractivity contribution in [2.45, 2.75) is 26.2 Å². The van der Waals surface area contributed by atoms with Crippen LogP contribution in [-0.4, -0.2) is 9.97 Å². The van der Waals surface area contributed by atoms with Gasteiger partial charge in [-0.1, -0.05) is 32.9 Å². The van der Waals surface area contributed by atoms with E-state index in [0.29, 0.717) is 0 Å². The molecule has 1 aromatic heterocycles. The summed E-state index contributed by atoms with van der Waals surface area (Å²) < 4.78 is 0. The first-order chi connectivity index (χ1) is 7.98. The van der Waals surface area contributed by atoms with E-state index in [0.717, 1.165) is 22.4 Å². The molecule has 0 aliphatic heterocycles. The fourth-order valence-electron chi connectivity index (χ4n) is 1.87. The normalized spacial score (nSPS) is 11.5. The summed E-state index contributed by atoms with van der Waals surface area (Å²) in [6.45, 7) is 6.47. The summed E-state index contributed by atoms with van der Waals surface area (Å²) >= 11 is 0. The highest BCUT2D eigenvalue weighted by Crippen LogP contribution is 2.31. The maximum atomic E-state index is 6.10. The van der Waals surface area contributed by atoms with Crippen molar-refractivity contribution in [1.82, 2.24) is 9.97 Å². The van der Waals surface area contributed by atoms with Crippen LogP contribution in [0.15, 0.2) is 36.9 Å². The van der Waals surface area contributed by atoms with Gasteiger partial charge in [0.15, 0.2) is 0 Å². The van der Waals surface area contributed by atoms with Gasteiger partial charge in [-0.3, -0.25) is 0 Å². The molecule has 1 heterocycles. The fraction of sp³-hybridized carbons (Fsp3) is 0.286. The number of rotatable bonds is 1. The smallest absolute Gasteiger partial charge is 0.115 e. The number of nitrogen functional groups attached to an aromatic ring is 1. The van der Waals surface area contributed by atoms with E-state index in [4.69, 9.17) is 5.73 Å². The number of hydrogen-bond donors (Lipinski definition) is 1. The van der Waals surface area contributed by atoms with E-state index in [1.807, 2.05) is 6.07 Å². The summed E-state index contributed by atoms with van der Waals surface area (Å²) in [4.78, 5) is 8.02. The van der Waals surface area contributed by atoms with Crippen molar-refractivity contribution in [3.05, 3.63) is 42.5 Å². The third-order valence-electron chi connectivity index (χ3n) is 2.75. The molecule has 0 amide bonds. The van der Waals surface area contributed by atoms with Gasteiger partial charge in [0, 0.05) is 23.6 Å². The zero-order valence-corrected chi connectivity index (χ0v) is 10.4. The highest BCUT2D eigenvalue weighted by atomic mass is 14.8. The van der Waals surface area contributed by atoms with Crippen LogP contribution in [0.3, 0.4) is 0 Å². The quantitative estimate of drug-likeness (QED) is 0.762. The lowest BCUT2D eigenvalue weighted by atomic mass is 9.85. The number of hydrogen-bond acceptors (Lipinski definition) is 3. The lowest BCUT2D eigenvalue weighted by Gasteiger charge is -2.21. The minimum Gasteiger partial charge on any atom is -0.398 e. The molecule has 2 aromatic rings. The van der Waals surface area contributed by atoms with Gasteiger partial charge < -0.3 is 5.73 Å². The predicted octanol–water partition coefficient (Wildman–Crippen LogP) is 3.02. The average Bonchev–Trinajstić information content (AvgIpc) is 2.28. The van der Waals surface area contributed by atoms with Gasteiger partial charge in [-0.25, -0.2) is 9.97 Å². The van der Waals surface area contributed by atoms with Crippen LogP contribution in [0.2, 0.25) is 0 Å². The Morgan fingerprint density at radius 1 is 1.00 bits per heavy atom. The highest BCUT2D eigenvalue weighted by Gasteiger charge is 2.16. The van der Waals surface area contributed by atoms with Gasteiger partial charge in [-0.05, 0) is 22.6 Å². The van der Waals surface area contributed by atoms with E-state index in [1.54, 1.807) is 12.4 Å². The molecule has 0 radical (unpaired) electrons. The van der Waals surface area contributed by atoms with E-state index in [2.05, 4.69) is 42.9 Å². The van der Waals surface area contributed by atoms with Crippen LogP contribution in [-0.2, 0) is 5.41 Å². The van der Waals surface area contributed by atoms with Crippen LogP contribution >= 0.6 is 0 Å². The molecule has 88 valence electrons. The first-order valence-corrected chi connectivity index (χ1v) is 5.64. The highest BCUT2D eigenvalue weighted by molar-refractivity contribution is 5.68. The summed E-state index contributed by atoms with van der Waals surface area (Å²) in [5, 5.41) is 0. The summed E-state index contributed by atoms with van der Waals surface area (Å²) in [5.41, 5.74) is 10.2. The van der Waals surface area contributed by atoms with Crippen LogP contribution in [0.5, 0.6) is 0 Å². The van der Waals surface area contributed by atoms with Gasteiger partial charge in [0.2, 0.25) is 0 Å². The molecule has 2 rings (SSSR count). The molecule has 1 aromatic carbocycles. The van der Waals surface area contributed by atoms with Gasteiger partial charge in [0.05, 0.1) is 0 Å². The molecule has 0 saturated carbocycles. The molecule has 3 nitrogen and oxygen atoms in total. The van der Waals surface area contributed by atoms with Crippen LogP contribution in [0.1, 0.15) is 26.3 Å². The fourth-order valence-corrected chi connectivity index (χ4v) is 1.87. The Hall–Kier alpha value is -1.90. The molecule has 0 spiro atoms. The maximum absolute atomic E-state index is 6.10.